The number of aromatic nitrogens is 2. The zero-order valence-corrected chi connectivity index (χ0v) is 15.5. The summed E-state index contributed by atoms with van der Waals surface area (Å²) in [7, 11) is 0. The van der Waals surface area contributed by atoms with Crippen molar-refractivity contribution in [3.63, 3.8) is 0 Å². The molecule has 0 bridgehead atoms. The number of carbonyl (C=O) groups excluding carboxylic acids is 2. The summed E-state index contributed by atoms with van der Waals surface area (Å²) in [6.45, 7) is 1.43. The van der Waals surface area contributed by atoms with Crippen LogP contribution in [0.4, 0.5) is 15.8 Å². The molecule has 1 aromatic heterocycles. The van der Waals surface area contributed by atoms with Crippen LogP contribution in [0.5, 0.6) is 0 Å². The van der Waals surface area contributed by atoms with E-state index >= 15 is 0 Å². The second-order valence-corrected chi connectivity index (χ2v) is 6.43. The average Bonchev–Trinajstić information content (AvgIpc) is 3.08. The first kappa shape index (κ1) is 18.7. The molecule has 2 aromatic carbocycles. The number of hydrogen-bond donors (Lipinski definition) is 2. The summed E-state index contributed by atoms with van der Waals surface area (Å²) in [5.41, 5.74) is 2.19. The van der Waals surface area contributed by atoms with Crippen molar-refractivity contribution in [2.45, 2.75) is 12.1 Å². The normalized spacial score (nSPS) is 10.5. The van der Waals surface area contributed by atoms with Crippen LogP contribution >= 0.6 is 11.8 Å². The van der Waals surface area contributed by atoms with E-state index in [1.807, 2.05) is 6.26 Å². The van der Waals surface area contributed by atoms with Gasteiger partial charge in [0, 0.05) is 24.0 Å². The predicted molar refractivity (Wildman–Crippen MR) is 104 cm³/mol. The molecule has 2 N–H and O–H groups in total. The fourth-order valence-corrected chi connectivity index (χ4v) is 3.06. The summed E-state index contributed by atoms with van der Waals surface area (Å²) >= 11 is 1.38. The van der Waals surface area contributed by atoms with Gasteiger partial charge in [-0.15, -0.1) is 0 Å². The standard InChI is InChI=1S/C19H17FN4O2S/c1-12(25)22-14-5-7-15(8-6-14)23-18(26)17-11-21-19(27-2)24(17)16-9-3-13(20)4-10-16/h3-11H,1-2H3,(H,22,25)(H,23,26). The van der Waals surface area contributed by atoms with Crippen molar-refractivity contribution in [2.24, 2.45) is 0 Å². The van der Waals surface area contributed by atoms with Gasteiger partial charge in [0.05, 0.1) is 6.20 Å². The van der Waals surface area contributed by atoms with E-state index in [-0.39, 0.29) is 17.6 Å². The molecule has 0 aliphatic rings. The molecule has 3 aromatic rings. The minimum absolute atomic E-state index is 0.167. The molecule has 0 unspecified atom stereocenters. The third-order valence-electron chi connectivity index (χ3n) is 3.69. The lowest BCUT2D eigenvalue weighted by Gasteiger charge is -2.11. The molecule has 0 atom stereocenters. The molecule has 6 nitrogen and oxygen atoms in total. The Balaban J connectivity index is 1.86. The first-order chi connectivity index (χ1) is 13.0. The number of benzene rings is 2. The van der Waals surface area contributed by atoms with Gasteiger partial charge in [-0.2, -0.15) is 0 Å². The molecular weight excluding hydrogens is 367 g/mol. The summed E-state index contributed by atoms with van der Waals surface area (Å²) in [6, 6.07) is 12.6. The van der Waals surface area contributed by atoms with Crippen LogP contribution < -0.4 is 10.6 Å². The molecule has 0 spiro atoms. The zero-order valence-electron chi connectivity index (χ0n) is 14.7. The highest BCUT2D eigenvalue weighted by Gasteiger charge is 2.18. The van der Waals surface area contributed by atoms with Gasteiger partial charge in [-0.3, -0.25) is 14.2 Å². The molecule has 0 saturated heterocycles. The molecule has 1 heterocycles. The zero-order chi connectivity index (χ0) is 19.4. The van der Waals surface area contributed by atoms with Gasteiger partial charge in [0.25, 0.3) is 5.91 Å². The number of hydrogen-bond acceptors (Lipinski definition) is 4. The molecule has 2 amide bonds. The highest BCUT2D eigenvalue weighted by molar-refractivity contribution is 7.98. The van der Waals surface area contributed by atoms with Gasteiger partial charge < -0.3 is 10.6 Å². The van der Waals surface area contributed by atoms with Gasteiger partial charge >= 0.3 is 0 Å². The Kier molecular flexibility index (Phi) is 5.56. The number of halogens is 1. The number of imidazole rings is 1. The van der Waals surface area contributed by atoms with Gasteiger partial charge in [-0.25, -0.2) is 9.37 Å². The molecule has 8 heteroatoms. The first-order valence-electron chi connectivity index (χ1n) is 8.04. The number of rotatable bonds is 5. The minimum atomic E-state index is -0.352. The fraction of sp³-hybridized carbons (Fsp3) is 0.105. The largest absolute Gasteiger partial charge is 0.326 e. The Morgan fingerprint density at radius 3 is 2.15 bits per heavy atom. The van der Waals surface area contributed by atoms with Crippen LogP contribution in [0.1, 0.15) is 17.4 Å². The molecule has 138 valence electrons. The van der Waals surface area contributed by atoms with E-state index < -0.39 is 0 Å². The van der Waals surface area contributed by atoms with Crippen molar-refractivity contribution in [2.75, 3.05) is 16.9 Å². The summed E-state index contributed by atoms with van der Waals surface area (Å²) in [4.78, 5) is 28.1. The quantitative estimate of drug-likeness (QED) is 0.653. The number of anilines is 2. The fourth-order valence-electron chi connectivity index (χ4n) is 2.51. The van der Waals surface area contributed by atoms with Crippen molar-refractivity contribution in [1.82, 2.24) is 9.55 Å². The Morgan fingerprint density at radius 1 is 1.00 bits per heavy atom. The SMILES string of the molecule is CSc1ncc(C(=O)Nc2ccc(NC(C)=O)cc2)n1-c1ccc(F)cc1. The van der Waals surface area contributed by atoms with E-state index in [9.17, 15) is 14.0 Å². The van der Waals surface area contributed by atoms with E-state index in [2.05, 4.69) is 15.6 Å². The molecular formula is C19H17FN4O2S. The van der Waals surface area contributed by atoms with Crippen LogP contribution in [0.3, 0.4) is 0 Å². The predicted octanol–water partition coefficient (Wildman–Crippen LogP) is 3.94. The second kappa shape index (κ2) is 8.05. The highest BCUT2D eigenvalue weighted by atomic mass is 32.2. The lowest BCUT2D eigenvalue weighted by Crippen LogP contribution is -2.16. The third kappa shape index (κ3) is 4.35. The Hall–Kier alpha value is -3.13. The monoisotopic (exact) mass is 384 g/mol. The van der Waals surface area contributed by atoms with Crippen LogP contribution in [0.25, 0.3) is 5.69 Å². The Labute approximate surface area is 159 Å². The number of nitrogens with zero attached hydrogens (tertiary/aromatic N) is 2. The molecule has 0 aliphatic heterocycles. The van der Waals surface area contributed by atoms with Crippen LogP contribution in [0, 0.1) is 5.82 Å². The van der Waals surface area contributed by atoms with E-state index in [1.54, 1.807) is 41.0 Å². The number of amides is 2. The number of nitrogens with one attached hydrogen (secondary N) is 2. The Bertz CT molecular complexity index is 968. The van der Waals surface area contributed by atoms with Gasteiger partial charge in [0.2, 0.25) is 5.91 Å². The third-order valence-corrected chi connectivity index (χ3v) is 4.35. The maximum absolute atomic E-state index is 13.2. The number of carbonyl (C=O) groups is 2. The van der Waals surface area contributed by atoms with Crippen LogP contribution in [0.15, 0.2) is 59.9 Å². The van der Waals surface area contributed by atoms with Gasteiger partial charge in [-0.05, 0) is 54.8 Å². The van der Waals surface area contributed by atoms with Crippen LogP contribution in [-0.2, 0) is 4.79 Å². The summed E-state index contributed by atoms with van der Waals surface area (Å²) in [5, 5.41) is 6.08. The topological polar surface area (TPSA) is 76.0 Å². The van der Waals surface area contributed by atoms with E-state index in [0.717, 1.165) is 0 Å². The molecule has 0 saturated carbocycles. The van der Waals surface area contributed by atoms with E-state index in [0.29, 0.717) is 27.9 Å². The Morgan fingerprint density at radius 2 is 1.59 bits per heavy atom. The molecule has 0 radical (unpaired) electrons. The van der Waals surface area contributed by atoms with Crippen molar-refractivity contribution < 1.29 is 14.0 Å². The summed E-state index contributed by atoms with van der Waals surface area (Å²) < 4.78 is 14.9. The lowest BCUT2D eigenvalue weighted by atomic mass is 10.2. The highest BCUT2D eigenvalue weighted by Crippen LogP contribution is 2.23. The van der Waals surface area contributed by atoms with Gasteiger partial charge in [0.1, 0.15) is 11.5 Å². The van der Waals surface area contributed by atoms with Gasteiger partial charge in [-0.1, -0.05) is 11.8 Å². The lowest BCUT2D eigenvalue weighted by molar-refractivity contribution is -0.114. The van der Waals surface area contributed by atoms with Gasteiger partial charge in [0.15, 0.2) is 5.16 Å². The molecule has 0 fully saturated rings. The summed E-state index contributed by atoms with van der Waals surface area (Å²) in [6.07, 6.45) is 3.33. The summed E-state index contributed by atoms with van der Waals surface area (Å²) in [5.74, 6) is -0.867. The van der Waals surface area contributed by atoms with Crippen LogP contribution in [-0.4, -0.2) is 27.6 Å². The second-order valence-electron chi connectivity index (χ2n) is 5.65. The van der Waals surface area contributed by atoms with Crippen molar-refractivity contribution in [3.8, 4) is 5.69 Å². The van der Waals surface area contributed by atoms with E-state index in [4.69, 9.17) is 0 Å². The molecule has 27 heavy (non-hydrogen) atoms. The first-order valence-corrected chi connectivity index (χ1v) is 9.27. The van der Waals surface area contributed by atoms with Crippen molar-refractivity contribution in [1.29, 1.82) is 0 Å². The maximum atomic E-state index is 13.2. The maximum Gasteiger partial charge on any atom is 0.274 e. The van der Waals surface area contributed by atoms with Crippen molar-refractivity contribution in [3.05, 3.63) is 66.2 Å². The average molecular weight is 384 g/mol. The van der Waals surface area contributed by atoms with Crippen LogP contribution in [0.2, 0.25) is 0 Å². The molecule has 0 aliphatic carbocycles. The van der Waals surface area contributed by atoms with Crippen molar-refractivity contribution >= 4 is 35.0 Å². The smallest absolute Gasteiger partial charge is 0.274 e. The van der Waals surface area contributed by atoms with E-state index in [1.165, 1.54) is 37.0 Å². The number of thioether (sulfide) groups is 1. The minimum Gasteiger partial charge on any atom is -0.326 e. The molecule has 3 rings (SSSR count).